The molecule has 0 radical (unpaired) electrons. The van der Waals surface area contributed by atoms with Crippen molar-refractivity contribution in [3.05, 3.63) is 59.5 Å². The molecule has 2 heterocycles. The van der Waals surface area contributed by atoms with E-state index < -0.39 is 12.2 Å². The van der Waals surface area contributed by atoms with Gasteiger partial charge in [-0.15, -0.1) is 0 Å². The molecule has 5 N–H and O–H groups in total. The first kappa shape index (κ1) is 19.6. The molecule has 0 aliphatic heterocycles. The standard InChI is InChI=1S/C24H29N5O2/c1-16(2)29-14-21(13-28-29)20-10-22(23(26)27-12-20)31-15-19-8-17(5-6-24(3,4)30)7-18(9-19)11-25/h7-10,12-14,16,30H,11,15,25H2,1-4H3,(H2,26,27)/i15D2. The molecule has 0 atom stereocenters. The Bertz CT molecular complexity index is 1200. The minimum atomic E-state index is -2.24. The van der Waals surface area contributed by atoms with Crippen LogP contribution in [0.25, 0.3) is 11.1 Å². The van der Waals surface area contributed by atoms with Crippen molar-refractivity contribution < 1.29 is 12.6 Å². The van der Waals surface area contributed by atoms with Crippen molar-refractivity contribution in [3.8, 4) is 28.7 Å². The van der Waals surface area contributed by atoms with Crippen molar-refractivity contribution in [1.29, 1.82) is 0 Å². The molecule has 3 aromatic rings. The van der Waals surface area contributed by atoms with Crippen molar-refractivity contribution in [1.82, 2.24) is 14.8 Å². The van der Waals surface area contributed by atoms with E-state index >= 15 is 0 Å². The molecule has 31 heavy (non-hydrogen) atoms. The molecule has 0 saturated carbocycles. The third-order valence-corrected chi connectivity index (χ3v) is 4.37. The van der Waals surface area contributed by atoms with Gasteiger partial charge < -0.3 is 21.3 Å². The third-order valence-electron chi connectivity index (χ3n) is 4.37. The number of aliphatic hydroxyl groups is 1. The van der Waals surface area contributed by atoms with Gasteiger partial charge in [0.05, 0.1) is 8.94 Å². The third kappa shape index (κ3) is 6.07. The van der Waals surface area contributed by atoms with Crippen molar-refractivity contribution in [2.24, 2.45) is 5.73 Å². The minimum absolute atomic E-state index is 0.0656. The Balaban J connectivity index is 1.96. The topological polar surface area (TPSA) is 112 Å². The molecule has 0 fully saturated rings. The summed E-state index contributed by atoms with van der Waals surface area (Å²) in [4.78, 5) is 4.17. The van der Waals surface area contributed by atoms with Crippen molar-refractivity contribution in [3.63, 3.8) is 0 Å². The number of nitrogen functional groups attached to an aromatic ring is 1. The van der Waals surface area contributed by atoms with E-state index in [1.807, 2.05) is 24.7 Å². The lowest BCUT2D eigenvalue weighted by Gasteiger charge is -2.11. The Labute approximate surface area is 185 Å². The van der Waals surface area contributed by atoms with Crippen molar-refractivity contribution in [2.75, 3.05) is 5.73 Å². The summed E-state index contributed by atoms with van der Waals surface area (Å²) in [5.74, 6) is 5.76. The lowest BCUT2D eigenvalue weighted by molar-refractivity contribution is 0.143. The van der Waals surface area contributed by atoms with E-state index in [-0.39, 0.29) is 29.7 Å². The van der Waals surface area contributed by atoms with E-state index in [0.717, 1.165) is 5.56 Å². The van der Waals surface area contributed by atoms with Crippen LogP contribution in [0.2, 0.25) is 0 Å². The number of hydrogen-bond acceptors (Lipinski definition) is 6. The smallest absolute Gasteiger partial charge is 0.166 e. The second-order valence-electron chi connectivity index (χ2n) is 8.05. The average Bonchev–Trinajstić information content (AvgIpc) is 3.23. The summed E-state index contributed by atoms with van der Waals surface area (Å²) in [5, 5.41) is 14.2. The van der Waals surface area contributed by atoms with Crippen molar-refractivity contribution in [2.45, 2.75) is 52.4 Å². The van der Waals surface area contributed by atoms with Gasteiger partial charge in [-0.2, -0.15) is 5.10 Å². The molecule has 0 aliphatic carbocycles. The molecule has 0 saturated heterocycles. The van der Waals surface area contributed by atoms with Gasteiger partial charge in [-0.1, -0.05) is 17.9 Å². The van der Waals surface area contributed by atoms with Gasteiger partial charge >= 0.3 is 0 Å². The molecule has 1 aromatic carbocycles. The van der Waals surface area contributed by atoms with Gasteiger partial charge in [0.25, 0.3) is 0 Å². The largest absolute Gasteiger partial charge is 0.485 e. The van der Waals surface area contributed by atoms with E-state index in [9.17, 15) is 5.11 Å². The van der Waals surface area contributed by atoms with Gasteiger partial charge in [0.1, 0.15) is 12.2 Å². The van der Waals surface area contributed by atoms with Gasteiger partial charge in [0.2, 0.25) is 0 Å². The summed E-state index contributed by atoms with van der Waals surface area (Å²) < 4.78 is 24.7. The number of pyridine rings is 1. The first-order chi connectivity index (χ1) is 15.4. The SMILES string of the molecule is [2H]C([2H])(Oc1cc(-c2cnn(C(C)C)c2)cnc1N)c1cc(C#CC(C)(C)O)cc(CN)c1. The summed E-state index contributed by atoms with van der Waals surface area (Å²) in [6.45, 7) is 5.15. The number of nitrogens with two attached hydrogens (primary N) is 2. The first-order valence-electron chi connectivity index (χ1n) is 11.0. The molecule has 0 bridgehead atoms. The molecule has 162 valence electrons. The van der Waals surface area contributed by atoms with Crippen LogP contribution >= 0.6 is 0 Å². The fraction of sp³-hybridized carbons (Fsp3) is 0.333. The highest BCUT2D eigenvalue weighted by molar-refractivity contribution is 5.65. The highest BCUT2D eigenvalue weighted by Crippen LogP contribution is 2.28. The van der Waals surface area contributed by atoms with Gasteiger partial charge in [-0.05, 0) is 57.0 Å². The maximum Gasteiger partial charge on any atom is 0.166 e. The molecule has 3 rings (SSSR count). The maximum absolute atomic E-state index is 9.89. The summed E-state index contributed by atoms with van der Waals surface area (Å²) in [7, 11) is 0. The maximum atomic E-state index is 9.89. The number of aromatic nitrogens is 3. The van der Waals surface area contributed by atoms with Gasteiger partial charge in [-0.3, -0.25) is 4.68 Å². The number of nitrogens with zero attached hydrogens (tertiary/aromatic N) is 3. The Hall–Kier alpha value is -3.34. The van der Waals surface area contributed by atoms with Crippen LogP contribution in [-0.4, -0.2) is 25.5 Å². The summed E-state index contributed by atoms with van der Waals surface area (Å²) >= 11 is 0. The van der Waals surface area contributed by atoms with Crippen LogP contribution in [-0.2, 0) is 13.1 Å². The Morgan fingerprint density at radius 3 is 2.58 bits per heavy atom. The van der Waals surface area contributed by atoms with Crippen molar-refractivity contribution >= 4 is 5.82 Å². The summed E-state index contributed by atoms with van der Waals surface area (Å²) in [6, 6.07) is 6.78. The molecule has 0 spiro atoms. The van der Waals surface area contributed by atoms with Crippen LogP contribution in [0.3, 0.4) is 0 Å². The summed E-state index contributed by atoms with van der Waals surface area (Å²) in [5.41, 5.74) is 13.6. The monoisotopic (exact) mass is 421 g/mol. The molecule has 0 aliphatic rings. The van der Waals surface area contributed by atoms with E-state index in [2.05, 4.69) is 21.9 Å². The lowest BCUT2D eigenvalue weighted by Crippen LogP contribution is -2.14. The molecule has 2 aromatic heterocycles. The van der Waals surface area contributed by atoms with Crippen LogP contribution in [0.15, 0.2) is 42.9 Å². The molecule has 0 unspecified atom stereocenters. The van der Waals surface area contributed by atoms with Gasteiger partial charge in [0.15, 0.2) is 11.6 Å². The Morgan fingerprint density at radius 1 is 1.19 bits per heavy atom. The van der Waals surface area contributed by atoms with Crippen LogP contribution in [0.1, 0.15) is 53.2 Å². The highest BCUT2D eigenvalue weighted by Gasteiger charge is 2.10. The van der Waals surface area contributed by atoms with Crippen LogP contribution in [0, 0.1) is 11.8 Å². The zero-order valence-corrected chi connectivity index (χ0v) is 18.2. The number of benzene rings is 1. The molecular formula is C24H29N5O2. The average molecular weight is 422 g/mol. The number of hydrogen-bond donors (Lipinski definition) is 3. The van der Waals surface area contributed by atoms with Crippen LogP contribution in [0.5, 0.6) is 5.75 Å². The Kier molecular flexibility index (Phi) is 5.83. The quantitative estimate of drug-likeness (QED) is 0.527. The molecule has 0 amide bonds. The Morgan fingerprint density at radius 2 is 1.94 bits per heavy atom. The van der Waals surface area contributed by atoms with Crippen LogP contribution < -0.4 is 16.2 Å². The molecular weight excluding hydrogens is 390 g/mol. The summed E-state index contributed by atoms with van der Waals surface area (Å²) in [6.07, 6.45) is 5.19. The second kappa shape index (κ2) is 9.21. The predicted molar refractivity (Wildman–Crippen MR) is 122 cm³/mol. The van der Waals surface area contributed by atoms with Gasteiger partial charge in [-0.25, -0.2) is 4.98 Å². The van der Waals surface area contributed by atoms with Crippen LogP contribution in [0.4, 0.5) is 5.82 Å². The number of anilines is 1. The number of ether oxygens (including phenoxy) is 1. The zero-order valence-electron chi connectivity index (χ0n) is 20.2. The highest BCUT2D eigenvalue weighted by atomic mass is 16.5. The zero-order chi connectivity index (χ0) is 24.4. The fourth-order valence-corrected chi connectivity index (χ4v) is 2.74. The normalized spacial score (nSPS) is 12.7. The molecule has 7 nitrogen and oxygen atoms in total. The molecule has 7 heteroatoms. The number of rotatable bonds is 6. The second-order valence-corrected chi connectivity index (χ2v) is 8.05. The fourth-order valence-electron chi connectivity index (χ4n) is 2.74. The van der Waals surface area contributed by atoms with E-state index in [0.29, 0.717) is 16.7 Å². The van der Waals surface area contributed by atoms with E-state index in [4.69, 9.17) is 18.9 Å². The minimum Gasteiger partial charge on any atom is -0.485 e. The van der Waals surface area contributed by atoms with E-state index in [1.54, 1.807) is 50.5 Å². The van der Waals surface area contributed by atoms with Gasteiger partial charge in [0, 0.05) is 41.7 Å². The predicted octanol–water partition coefficient (Wildman–Crippen LogP) is 3.27. The first-order valence-corrected chi connectivity index (χ1v) is 9.97. The lowest BCUT2D eigenvalue weighted by atomic mass is 10.0. The van der Waals surface area contributed by atoms with E-state index in [1.165, 1.54) is 0 Å².